The summed E-state index contributed by atoms with van der Waals surface area (Å²) < 4.78 is 8.02. The van der Waals surface area contributed by atoms with Gasteiger partial charge in [0.1, 0.15) is 5.82 Å². The number of carbonyl (C=O) groups excluding carboxylic acids is 1. The molecule has 1 saturated carbocycles. The highest BCUT2D eigenvalue weighted by atomic mass is 32.1. The van der Waals surface area contributed by atoms with E-state index in [9.17, 15) is 4.79 Å². The molecule has 2 aliphatic rings. The lowest BCUT2D eigenvalue weighted by Crippen LogP contribution is -2.51. The zero-order valence-electron chi connectivity index (χ0n) is 15.0. The van der Waals surface area contributed by atoms with Crippen LogP contribution in [-0.2, 0) is 6.54 Å². The summed E-state index contributed by atoms with van der Waals surface area (Å²) in [5.41, 5.74) is 1.08. The van der Waals surface area contributed by atoms with Crippen LogP contribution in [0.2, 0.25) is 0 Å². The van der Waals surface area contributed by atoms with Gasteiger partial charge < -0.3 is 19.7 Å². The first-order chi connectivity index (χ1) is 13.3. The average Bonchev–Trinajstić information content (AvgIpc) is 3.29. The van der Waals surface area contributed by atoms with E-state index in [-0.39, 0.29) is 6.03 Å². The van der Waals surface area contributed by atoms with Crippen molar-refractivity contribution in [3.63, 3.8) is 0 Å². The van der Waals surface area contributed by atoms with E-state index in [1.807, 2.05) is 23.5 Å². The minimum absolute atomic E-state index is 0.00123. The van der Waals surface area contributed by atoms with Gasteiger partial charge in [0.2, 0.25) is 0 Å². The lowest BCUT2D eigenvalue weighted by molar-refractivity contribution is 0.193. The Morgan fingerprint density at radius 3 is 2.81 bits per heavy atom. The number of nitrogens with one attached hydrogen (secondary N) is 1. The number of anilines is 1. The van der Waals surface area contributed by atoms with Crippen LogP contribution in [0.4, 0.5) is 10.6 Å². The van der Waals surface area contributed by atoms with Crippen molar-refractivity contribution in [2.24, 2.45) is 0 Å². The number of piperazine rings is 1. The summed E-state index contributed by atoms with van der Waals surface area (Å²) >= 11 is 1.54. The second kappa shape index (κ2) is 6.84. The standard InChI is InChI=1S/C19H22N6OS/c26-19(21-12-15-11-20-13-25(15)14-5-6-14)24-9-7-23(8-10-24)18-16-3-1-2-4-17(16)27-22-18/h1-4,11,13-14H,5-10,12H2,(H,21,26). The Morgan fingerprint density at radius 1 is 1.19 bits per heavy atom. The van der Waals surface area contributed by atoms with Crippen LogP contribution >= 0.6 is 11.5 Å². The van der Waals surface area contributed by atoms with Crippen molar-refractivity contribution in [2.45, 2.75) is 25.4 Å². The normalized spacial score (nSPS) is 17.5. The van der Waals surface area contributed by atoms with Crippen molar-refractivity contribution in [3.8, 4) is 0 Å². The predicted octanol–water partition coefficient (Wildman–Crippen LogP) is 2.86. The first-order valence-electron chi connectivity index (χ1n) is 9.42. The van der Waals surface area contributed by atoms with Crippen molar-refractivity contribution < 1.29 is 4.79 Å². The van der Waals surface area contributed by atoms with E-state index in [0.717, 1.165) is 24.6 Å². The number of amides is 2. The number of fused-ring (bicyclic) bond motifs is 1. The molecule has 0 bridgehead atoms. The van der Waals surface area contributed by atoms with E-state index in [0.29, 0.717) is 25.7 Å². The number of benzene rings is 1. The molecule has 3 heterocycles. The predicted molar refractivity (Wildman–Crippen MR) is 106 cm³/mol. The second-order valence-electron chi connectivity index (χ2n) is 7.16. The molecular weight excluding hydrogens is 360 g/mol. The van der Waals surface area contributed by atoms with E-state index in [4.69, 9.17) is 0 Å². The summed E-state index contributed by atoms with van der Waals surface area (Å²) in [4.78, 5) is 20.9. The molecule has 0 spiro atoms. The SMILES string of the molecule is O=C(NCc1cncn1C1CC1)N1CCN(c2nsc3ccccc23)CC1. The number of urea groups is 1. The minimum atomic E-state index is 0.00123. The molecular formula is C19H22N6OS. The first-order valence-corrected chi connectivity index (χ1v) is 10.2. The van der Waals surface area contributed by atoms with Gasteiger partial charge in [0, 0.05) is 43.8 Å². The fourth-order valence-corrected chi connectivity index (χ4v) is 4.45. The smallest absolute Gasteiger partial charge is 0.317 e. The maximum Gasteiger partial charge on any atom is 0.317 e. The third-order valence-electron chi connectivity index (χ3n) is 5.33. The summed E-state index contributed by atoms with van der Waals surface area (Å²) in [5.74, 6) is 1.05. The van der Waals surface area contributed by atoms with Gasteiger partial charge in [-0.25, -0.2) is 9.78 Å². The van der Waals surface area contributed by atoms with Gasteiger partial charge in [-0.1, -0.05) is 12.1 Å². The molecule has 1 aromatic carbocycles. The number of aromatic nitrogens is 3. The molecule has 1 aliphatic carbocycles. The number of carbonyl (C=O) groups is 1. The molecule has 140 valence electrons. The Balaban J connectivity index is 1.18. The van der Waals surface area contributed by atoms with E-state index in [2.05, 4.69) is 42.3 Å². The second-order valence-corrected chi connectivity index (χ2v) is 7.96. The molecule has 1 N–H and O–H groups in total. The van der Waals surface area contributed by atoms with Crippen LogP contribution in [0.15, 0.2) is 36.8 Å². The highest BCUT2D eigenvalue weighted by Crippen LogP contribution is 2.35. The quantitative estimate of drug-likeness (QED) is 0.754. The molecule has 7 nitrogen and oxygen atoms in total. The lowest BCUT2D eigenvalue weighted by Gasteiger charge is -2.35. The van der Waals surface area contributed by atoms with E-state index in [1.54, 1.807) is 0 Å². The molecule has 0 radical (unpaired) electrons. The number of hydrogen-bond donors (Lipinski definition) is 1. The van der Waals surface area contributed by atoms with Crippen molar-refractivity contribution >= 4 is 33.5 Å². The van der Waals surface area contributed by atoms with Crippen molar-refractivity contribution in [1.82, 2.24) is 24.1 Å². The van der Waals surface area contributed by atoms with Gasteiger partial charge in [-0.15, -0.1) is 0 Å². The summed E-state index contributed by atoms with van der Waals surface area (Å²) in [6.45, 7) is 3.56. The zero-order chi connectivity index (χ0) is 18.2. The van der Waals surface area contributed by atoms with Crippen LogP contribution < -0.4 is 10.2 Å². The highest BCUT2D eigenvalue weighted by molar-refractivity contribution is 7.13. The number of hydrogen-bond acceptors (Lipinski definition) is 5. The van der Waals surface area contributed by atoms with E-state index in [1.165, 1.54) is 34.5 Å². The van der Waals surface area contributed by atoms with Crippen molar-refractivity contribution in [1.29, 1.82) is 0 Å². The molecule has 5 rings (SSSR count). The Hall–Kier alpha value is -2.61. The molecule has 3 aromatic rings. The number of rotatable bonds is 4. The number of nitrogens with zero attached hydrogens (tertiary/aromatic N) is 5. The third kappa shape index (κ3) is 3.25. The van der Waals surface area contributed by atoms with Gasteiger partial charge in [-0.05, 0) is 36.5 Å². The first kappa shape index (κ1) is 16.6. The summed E-state index contributed by atoms with van der Waals surface area (Å²) in [7, 11) is 0. The molecule has 1 aliphatic heterocycles. The molecule has 2 aromatic heterocycles. The van der Waals surface area contributed by atoms with Gasteiger partial charge in [0.05, 0.1) is 23.3 Å². The van der Waals surface area contributed by atoms with Gasteiger partial charge in [-0.2, -0.15) is 4.37 Å². The van der Waals surface area contributed by atoms with Crippen LogP contribution in [-0.4, -0.2) is 51.0 Å². The fraction of sp³-hybridized carbons (Fsp3) is 0.421. The van der Waals surface area contributed by atoms with Gasteiger partial charge in [0.25, 0.3) is 0 Å². The van der Waals surface area contributed by atoms with E-state index >= 15 is 0 Å². The summed E-state index contributed by atoms with van der Waals surface area (Å²) in [5, 5.41) is 4.25. The van der Waals surface area contributed by atoms with Crippen molar-refractivity contribution in [2.75, 3.05) is 31.1 Å². The number of imidazole rings is 1. The molecule has 8 heteroatoms. The summed E-state index contributed by atoms with van der Waals surface area (Å²) in [6, 6.07) is 8.90. The Kier molecular flexibility index (Phi) is 4.20. The Bertz CT molecular complexity index is 954. The van der Waals surface area contributed by atoms with Crippen LogP contribution in [0.1, 0.15) is 24.6 Å². The highest BCUT2D eigenvalue weighted by Gasteiger charge is 2.26. The maximum atomic E-state index is 12.5. The molecule has 2 amide bonds. The third-order valence-corrected chi connectivity index (χ3v) is 6.15. The van der Waals surface area contributed by atoms with Gasteiger partial charge >= 0.3 is 6.03 Å². The largest absolute Gasteiger partial charge is 0.352 e. The minimum Gasteiger partial charge on any atom is -0.352 e. The molecule has 27 heavy (non-hydrogen) atoms. The van der Waals surface area contributed by atoms with Gasteiger partial charge in [0.15, 0.2) is 0 Å². The Morgan fingerprint density at radius 2 is 2.00 bits per heavy atom. The topological polar surface area (TPSA) is 66.3 Å². The Labute approximate surface area is 161 Å². The van der Waals surface area contributed by atoms with Crippen LogP contribution in [0, 0.1) is 0 Å². The zero-order valence-corrected chi connectivity index (χ0v) is 15.9. The molecule has 1 saturated heterocycles. The maximum absolute atomic E-state index is 12.5. The van der Waals surface area contributed by atoms with Gasteiger partial charge in [-0.3, -0.25) is 0 Å². The molecule has 2 fully saturated rings. The lowest BCUT2D eigenvalue weighted by atomic mass is 10.2. The fourth-order valence-electron chi connectivity index (χ4n) is 3.65. The molecule has 0 unspecified atom stereocenters. The molecule has 0 atom stereocenters. The summed E-state index contributed by atoms with van der Waals surface area (Å²) in [6.07, 6.45) is 6.15. The van der Waals surface area contributed by atoms with Crippen molar-refractivity contribution in [3.05, 3.63) is 42.5 Å². The van der Waals surface area contributed by atoms with Crippen LogP contribution in [0.5, 0.6) is 0 Å². The van der Waals surface area contributed by atoms with E-state index < -0.39 is 0 Å². The average molecular weight is 382 g/mol. The monoisotopic (exact) mass is 382 g/mol. The van der Waals surface area contributed by atoms with Crippen LogP contribution in [0.3, 0.4) is 0 Å². The van der Waals surface area contributed by atoms with Crippen LogP contribution in [0.25, 0.3) is 10.1 Å².